The summed E-state index contributed by atoms with van der Waals surface area (Å²) >= 11 is 3.39. The van der Waals surface area contributed by atoms with Gasteiger partial charge in [0.15, 0.2) is 0 Å². The Morgan fingerprint density at radius 2 is 2.25 bits per heavy atom. The van der Waals surface area contributed by atoms with Crippen LogP contribution in [0.4, 0.5) is 0 Å². The van der Waals surface area contributed by atoms with Crippen molar-refractivity contribution in [2.24, 2.45) is 5.73 Å². The van der Waals surface area contributed by atoms with Crippen LogP contribution in [0.25, 0.3) is 0 Å². The minimum atomic E-state index is -3.55. The van der Waals surface area contributed by atoms with Crippen LogP contribution >= 0.6 is 15.9 Å². The first-order valence-electron chi connectivity index (χ1n) is 6.71. The van der Waals surface area contributed by atoms with E-state index in [9.17, 15) is 8.42 Å². The molecular weight excluding hydrogens is 344 g/mol. The molecule has 1 saturated heterocycles. The first-order valence-corrected chi connectivity index (χ1v) is 8.94. The van der Waals surface area contributed by atoms with E-state index in [1.54, 1.807) is 6.07 Å². The van der Waals surface area contributed by atoms with Crippen LogP contribution in [-0.4, -0.2) is 38.5 Å². The van der Waals surface area contributed by atoms with Crippen LogP contribution in [-0.2, 0) is 16.4 Å². The molecule has 5 nitrogen and oxygen atoms in total. The standard InChI is InChI=1S/C13H17BrN2O3S/c14-10-6-9-3-5-19-13(9)12(7-10)20(17,18)16-4-1-2-11(16)8-15/h6-7,11H,1-5,8,15H2. The predicted molar refractivity (Wildman–Crippen MR) is 79.3 cm³/mol. The highest BCUT2D eigenvalue weighted by Gasteiger charge is 2.37. The number of fused-ring (bicyclic) bond motifs is 1. The van der Waals surface area contributed by atoms with Crippen LogP contribution in [0.2, 0.25) is 0 Å². The number of rotatable bonds is 3. The smallest absolute Gasteiger partial charge is 0.247 e. The van der Waals surface area contributed by atoms with E-state index in [-0.39, 0.29) is 10.9 Å². The molecule has 20 heavy (non-hydrogen) atoms. The summed E-state index contributed by atoms with van der Waals surface area (Å²) in [6, 6.07) is 3.45. The van der Waals surface area contributed by atoms with Crippen molar-refractivity contribution in [2.45, 2.75) is 30.2 Å². The lowest BCUT2D eigenvalue weighted by molar-refractivity contribution is 0.344. The Hall–Kier alpha value is -0.630. The number of hydrogen-bond donors (Lipinski definition) is 1. The molecule has 110 valence electrons. The number of halogens is 1. The second-order valence-electron chi connectivity index (χ2n) is 5.14. The molecule has 2 heterocycles. The zero-order valence-electron chi connectivity index (χ0n) is 11.0. The molecule has 2 aliphatic rings. The minimum absolute atomic E-state index is 0.101. The Morgan fingerprint density at radius 1 is 1.45 bits per heavy atom. The number of ether oxygens (including phenoxy) is 1. The summed E-state index contributed by atoms with van der Waals surface area (Å²) in [7, 11) is -3.55. The Morgan fingerprint density at radius 3 is 3.00 bits per heavy atom. The molecule has 0 saturated carbocycles. The van der Waals surface area contributed by atoms with Gasteiger partial charge in [-0.15, -0.1) is 0 Å². The van der Waals surface area contributed by atoms with Crippen molar-refractivity contribution in [3.63, 3.8) is 0 Å². The van der Waals surface area contributed by atoms with Crippen LogP contribution in [0.5, 0.6) is 5.75 Å². The molecule has 1 aromatic rings. The number of benzene rings is 1. The lowest BCUT2D eigenvalue weighted by atomic mass is 10.2. The number of nitrogens with zero attached hydrogens (tertiary/aromatic N) is 1. The highest BCUT2D eigenvalue weighted by atomic mass is 79.9. The van der Waals surface area contributed by atoms with E-state index in [4.69, 9.17) is 10.5 Å². The largest absolute Gasteiger partial charge is 0.492 e. The quantitative estimate of drug-likeness (QED) is 0.886. The van der Waals surface area contributed by atoms with Gasteiger partial charge in [0.25, 0.3) is 0 Å². The van der Waals surface area contributed by atoms with Crippen LogP contribution in [0.3, 0.4) is 0 Å². The SMILES string of the molecule is NCC1CCCN1S(=O)(=O)c1cc(Br)cc2c1OCC2. The Bertz CT molecular complexity index is 633. The Labute approximate surface area is 127 Å². The van der Waals surface area contributed by atoms with Crippen LogP contribution in [0.1, 0.15) is 18.4 Å². The molecule has 0 radical (unpaired) electrons. The van der Waals surface area contributed by atoms with Crippen molar-refractivity contribution in [3.05, 3.63) is 22.2 Å². The predicted octanol–water partition coefficient (Wildman–Crippen LogP) is 1.50. The van der Waals surface area contributed by atoms with Crippen molar-refractivity contribution in [2.75, 3.05) is 19.7 Å². The second kappa shape index (κ2) is 5.29. The molecule has 0 bridgehead atoms. The molecule has 2 N–H and O–H groups in total. The molecule has 1 atom stereocenters. The maximum atomic E-state index is 12.9. The van der Waals surface area contributed by atoms with E-state index in [0.29, 0.717) is 25.4 Å². The normalized spacial score (nSPS) is 22.8. The third-order valence-electron chi connectivity index (χ3n) is 3.90. The van der Waals surface area contributed by atoms with Crippen molar-refractivity contribution >= 4 is 26.0 Å². The van der Waals surface area contributed by atoms with E-state index in [0.717, 1.165) is 29.3 Å². The molecule has 1 unspecified atom stereocenters. The van der Waals surface area contributed by atoms with Crippen LogP contribution in [0.15, 0.2) is 21.5 Å². The number of hydrogen-bond acceptors (Lipinski definition) is 4. The van der Waals surface area contributed by atoms with Gasteiger partial charge in [-0.05, 0) is 25.0 Å². The molecule has 1 aromatic carbocycles. The molecule has 0 amide bonds. The molecule has 2 aliphatic heterocycles. The fourth-order valence-electron chi connectivity index (χ4n) is 2.91. The monoisotopic (exact) mass is 360 g/mol. The number of nitrogens with two attached hydrogens (primary N) is 1. The minimum Gasteiger partial charge on any atom is -0.492 e. The first kappa shape index (κ1) is 14.3. The summed E-state index contributed by atoms with van der Waals surface area (Å²) in [5.41, 5.74) is 6.64. The highest BCUT2D eigenvalue weighted by Crippen LogP contribution is 2.38. The Kier molecular flexibility index (Phi) is 3.79. The third kappa shape index (κ3) is 2.26. The molecule has 7 heteroatoms. The summed E-state index contributed by atoms with van der Waals surface area (Å²) in [5, 5.41) is 0. The van der Waals surface area contributed by atoms with Gasteiger partial charge in [-0.2, -0.15) is 4.31 Å². The second-order valence-corrected chi connectivity index (χ2v) is 7.91. The fraction of sp³-hybridized carbons (Fsp3) is 0.538. The van der Waals surface area contributed by atoms with Gasteiger partial charge in [0, 0.05) is 35.6 Å². The number of sulfonamides is 1. The van der Waals surface area contributed by atoms with Crippen molar-refractivity contribution < 1.29 is 13.2 Å². The lowest BCUT2D eigenvalue weighted by Gasteiger charge is -2.23. The van der Waals surface area contributed by atoms with Crippen LogP contribution < -0.4 is 10.5 Å². The van der Waals surface area contributed by atoms with Gasteiger partial charge in [-0.3, -0.25) is 0 Å². The molecule has 3 rings (SSSR count). The average molecular weight is 361 g/mol. The Balaban J connectivity index is 2.08. The van der Waals surface area contributed by atoms with Gasteiger partial charge in [-0.25, -0.2) is 8.42 Å². The van der Waals surface area contributed by atoms with Gasteiger partial charge < -0.3 is 10.5 Å². The lowest BCUT2D eigenvalue weighted by Crippen LogP contribution is -2.39. The molecule has 0 spiro atoms. The van der Waals surface area contributed by atoms with E-state index in [1.807, 2.05) is 6.07 Å². The van der Waals surface area contributed by atoms with Crippen molar-refractivity contribution in [1.29, 1.82) is 0 Å². The zero-order chi connectivity index (χ0) is 14.3. The van der Waals surface area contributed by atoms with E-state index >= 15 is 0 Å². The van der Waals surface area contributed by atoms with Gasteiger partial charge in [0.05, 0.1) is 6.61 Å². The third-order valence-corrected chi connectivity index (χ3v) is 6.31. The van der Waals surface area contributed by atoms with E-state index < -0.39 is 10.0 Å². The summed E-state index contributed by atoms with van der Waals surface area (Å²) in [6.45, 7) is 1.43. The molecule has 0 aliphatic carbocycles. The van der Waals surface area contributed by atoms with Crippen molar-refractivity contribution in [1.82, 2.24) is 4.31 Å². The van der Waals surface area contributed by atoms with E-state index in [1.165, 1.54) is 4.31 Å². The van der Waals surface area contributed by atoms with Gasteiger partial charge in [0.1, 0.15) is 10.6 Å². The fourth-order valence-corrected chi connectivity index (χ4v) is 5.48. The summed E-state index contributed by atoms with van der Waals surface area (Å²) in [4.78, 5) is 0.264. The topological polar surface area (TPSA) is 72.6 Å². The summed E-state index contributed by atoms with van der Waals surface area (Å²) < 4.78 is 33.6. The van der Waals surface area contributed by atoms with Crippen molar-refractivity contribution in [3.8, 4) is 5.75 Å². The first-order chi connectivity index (χ1) is 9.54. The zero-order valence-corrected chi connectivity index (χ0v) is 13.4. The van der Waals surface area contributed by atoms with Crippen LogP contribution in [0, 0.1) is 0 Å². The maximum absolute atomic E-state index is 12.9. The molecule has 0 aromatic heterocycles. The average Bonchev–Trinajstić information content (AvgIpc) is 3.05. The van der Waals surface area contributed by atoms with Gasteiger partial charge in [0.2, 0.25) is 10.0 Å². The summed E-state index contributed by atoms with van der Waals surface area (Å²) in [6.07, 6.45) is 2.43. The van der Waals surface area contributed by atoms with Gasteiger partial charge >= 0.3 is 0 Å². The van der Waals surface area contributed by atoms with Gasteiger partial charge in [-0.1, -0.05) is 15.9 Å². The maximum Gasteiger partial charge on any atom is 0.247 e. The molecule has 1 fully saturated rings. The summed E-state index contributed by atoms with van der Waals surface area (Å²) in [5.74, 6) is 0.510. The van der Waals surface area contributed by atoms with E-state index in [2.05, 4.69) is 15.9 Å². The molecular formula is C13H17BrN2O3S. The highest BCUT2D eigenvalue weighted by molar-refractivity contribution is 9.10.